The molecule has 0 atom stereocenters. The molecule has 2 aromatic heterocycles. The molecule has 0 saturated heterocycles. The van der Waals surface area contributed by atoms with Crippen molar-refractivity contribution < 1.29 is 22.4 Å². The van der Waals surface area contributed by atoms with Crippen molar-refractivity contribution in [3.8, 4) is 5.82 Å². The lowest BCUT2D eigenvalue weighted by Crippen LogP contribution is -2.24. The first kappa shape index (κ1) is 20.5. The molecule has 1 amide bonds. The van der Waals surface area contributed by atoms with E-state index in [1.165, 1.54) is 23.0 Å². The number of benzene rings is 1. The molecule has 0 spiro atoms. The van der Waals surface area contributed by atoms with Gasteiger partial charge in [-0.15, -0.1) is 0 Å². The monoisotopic (exact) mass is 406 g/mol. The van der Waals surface area contributed by atoms with Crippen molar-refractivity contribution in [3.63, 3.8) is 0 Å². The van der Waals surface area contributed by atoms with Crippen LogP contribution in [0.2, 0.25) is 0 Å². The summed E-state index contributed by atoms with van der Waals surface area (Å²) in [4.78, 5) is 16.5. The molecule has 3 aromatic rings. The standard InChI is InChI=1S/C20H18F4N4O/c1-12(2)18-15(19(29)26-9-13-5-3-4-6-16(13)21)11-27-28(18)17-8-7-14(10-25-17)20(22,23)24/h3-8,10-12H,9H2,1-2H3,(H,26,29). The fraction of sp³-hybridized carbons (Fsp3) is 0.250. The highest BCUT2D eigenvalue weighted by molar-refractivity contribution is 5.95. The van der Waals surface area contributed by atoms with Gasteiger partial charge in [-0.2, -0.15) is 18.3 Å². The number of pyridine rings is 1. The lowest BCUT2D eigenvalue weighted by Gasteiger charge is -2.13. The van der Waals surface area contributed by atoms with Crippen molar-refractivity contribution in [3.05, 3.63) is 77.0 Å². The van der Waals surface area contributed by atoms with E-state index < -0.39 is 23.5 Å². The molecule has 152 valence electrons. The highest BCUT2D eigenvalue weighted by Gasteiger charge is 2.31. The highest BCUT2D eigenvalue weighted by Crippen LogP contribution is 2.29. The van der Waals surface area contributed by atoms with Gasteiger partial charge in [0.05, 0.1) is 23.0 Å². The molecule has 0 saturated carbocycles. The number of nitrogens with zero attached hydrogens (tertiary/aromatic N) is 3. The normalized spacial score (nSPS) is 11.7. The van der Waals surface area contributed by atoms with Crippen LogP contribution in [0, 0.1) is 5.82 Å². The minimum absolute atomic E-state index is 0.00719. The Bertz CT molecular complexity index is 1010. The van der Waals surface area contributed by atoms with Crippen molar-refractivity contribution in [2.75, 3.05) is 0 Å². The van der Waals surface area contributed by atoms with Crippen LogP contribution < -0.4 is 5.32 Å². The number of amides is 1. The van der Waals surface area contributed by atoms with Crippen LogP contribution in [0.25, 0.3) is 5.82 Å². The Morgan fingerprint density at radius 3 is 2.45 bits per heavy atom. The van der Waals surface area contributed by atoms with Crippen LogP contribution in [-0.4, -0.2) is 20.7 Å². The lowest BCUT2D eigenvalue weighted by atomic mass is 10.1. The molecule has 1 N–H and O–H groups in total. The summed E-state index contributed by atoms with van der Waals surface area (Å²) in [5.41, 5.74) is 0.201. The number of hydrogen-bond acceptors (Lipinski definition) is 3. The summed E-state index contributed by atoms with van der Waals surface area (Å²) in [6.45, 7) is 3.64. The minimum Gasteiger partial charge on any atom is -0.348 e. The summed E-state index contributed by atoms with van der Waals surface area (Å²) in [6.07, 6.45) is -2.45. The number of aromatic nitrogens is 3. The van der Waals surface area contributed by atoms with Crippen LogP contribution in [0.5, 0.6) is 0 Å². The average molecular weight is 406 g/mol. The van der Waals surface area contributed by atoms with Gasteiger partial charge in [0.2, 0.25) is 0 Å². The Kier molecular flexibility index (Phi) is 5.67. The second kappa shape index (κ2) is 8.02. The molecule has 29 heavy (non-hydrogen) atoms. The van der Waals surface area contributed by atoms with Crippen molar-refractivity contribution in [2.45, 2.75) is 32.5 Å². The molecule has 9 heteroatoms. The fourth-order valence-corrected chi connectivity index (χ4v) is 2.86. The van der Waals surface area contributed by atoms with E-state index in [0.29, 0.717) is 11.3 Å². The van der Waals surface area contributed by atoms with Crippen LogP contribution in [0.4, 0.5) is 17.6 Å². The first-order valence-electron chi connectivity index (χ1n) is 8.81. The van der Waals surface area contributed by atoms with Gasteiger partial charge >= 0.3 is 6.18 Å². The van der Waals surface area contributed by atoms with E-state index in [1.54, 1.807) is 18.2 Å². The maximum atomic E-state index is 13.7. The molecule has 0 aliphatic rings. The minimum atomic E-state index is -4.49. The second-order valence-electron chi connectivity index (χ2n) is 6.69. The first-order valence-corrected chi connectivity index (χ1v) is 8.81. The van der Waals surface area contributed by atoms with Crippen molar-refractivity contribution in [1.82, 2.24) is 20.1 Å². The summed E-state index contributed by atoms with van der Waals surface area (Å²) in [6, 6.07) is 8.19. The third-order valence-corrected chi connectivity index (χ3v) is 4.29. The molecule has 5 nitrogen and oxygen atoms in total. The molecule has 3 rings (SSSR count). The van der Waals surface area contributed by atoms with Crippen LogP contribution in [0.1, 0.15) is 46.9 Å². The molecule has 1 aromatic carbocycles. The summed E-state index contributed by atoms with van der Waals surface area (Å²) < 4.78 is 53.3. The summed E-state index contributed by atoms with van der Waals surface area (Å²) in [5.74, 6) is -0.901. The fourth-order valence-electron chi connectivity index (χ4n) is 2.86. The van der Waals surface area contributed by atoms with E-state index in [0.717, 1.165) is 12.3 Å². The van der Waals surface area contributed by atoms with E-state index in [2.05, 4.69) is 15.4 Å². The van der Waals surface area contributed by atoms with Gasteiger partial charge in [-0.1, -0.05) is 32.0 Å². The molecule has 0 aliphatic carbocycles. The quantitative estimate of drug-likeness (QED) is 0.636. The van der Waals surface area contributed by atoms with Crippen molar-refractivity contribution in [1.29, 1.82) is 0 Å². The summed E-state index contributed by atoms with van der Waals surface area (Å²) in [5, 5.41) is 6.77. The van der Waals surface area contributed by atoms with Gasteiger partial charge in [-0.25, -0.2) is 14.1 Å². The number of carbonyl (C=O) groups is 1. The predicted molar refractivity (Wildman–Crippen MR) is 98.0 cm³/mol. The van der Waals surface area contributed by atoms with E-state index in [4.69, 9.17) is 0 Å². The number of carbonyl (C=O) groups excluding carboxylic acids is 1. The Labute approximate surface area is 164 Å². The van der Waals surface area contributed by atoms with Gasteiger partial charge in [-0.05, 0) is 24.1 Å². The van der Waals surface area contributed by atoms with Crippen LogP contribution >= 0.6 is 0 Å². The van der Waals surface area contributed by atoms with Crippen molar-refractivity contribution >= 4 is 5.91 Å². The third kappa shape index (κ3) is 4.44. The average Bonchev–Trinajstić information content (AvgIpc) is 3.12. The number of hydrogen-bond donors (Lipinski definition) is 1. The van der Waals surface area contributed by atoms with Gasteiger partial charge in [0.15, 0.2) is 5.82 Å². The Morgan fingerprint density at radius 1 is 1.14 bits per heavy atom. The Balaban J connectivity index is 1.87. The zero-order chi connectivity index (χ0) is 21.2. The molecule has 0 unspecified atom stereocenters. The summed E-state index contributed by atoms with van der Waals surface area (Å²) >= 11 is 0. The smallest absolute Gasteiger partial charge is 0.348 e. The van der Waals surface area contributed by atoms with Crippen LogP contribution in [0.3, 0.4) is 0 Å². The number of halogens is 4. The maximum absolute atomic E-state index is 13.7. The second-order valence-corrected chi connectivity index (χ2v) is 6.69. The first-order chi connectivity index (χ1) is 13.7. The molecular weight excluding hydrogens is 388 g/mol. The van der Waals surface area contributed by atoms with Gasteiger partial charge in [-0.3, -0.25) is 4.79 Å². The van der Waals surface area contributed by atoms with Crippen LogP contribution in [0.15, 0.2) is 48.8 Å². The zero-order valence-electron chi connectivity index (χ0n) is 15.7. The van der Waals surface area contributed by atoms with E-state index in [9.17, 15) is 22.4 Å². The van der Waals surface area contributed by atoms with Gasteiger partial charge in [0, 0.05) is 18.3 Å². The van der Waals surface area contributed by atoms with E-state index >= 15 is 0 Å². The number of alkyl halides is 3. The topological polar surface area (TPSA) is 59.8 Å². The Hall–Kier alpha value is -3.23. The third-order valence-electron chi connectivity index (χ3n) is 4.29. The van der Waals surface area contributed by atoms with E-state index in [-0.39, 0.29) is 23.8 Å². The molecular formula is C20H18F4N4O. The molecule has 0 fully saturated rings. The number of nitrogens with one attached hydrogen (secondary N) is 1. The van der Waals surface area contributed by atoms with E-state index in [1.807, 2.05) is 13.8 Å². The molecule has 0 aliphatic heterocycles. The van der Waals surface area contributed by atoms with Gasteiger partial charge in [0.1, 0.15) is 5.82 Å². The zero-order valence-corrected chi connectivity index (χ0v) is 15.7. The van der Waals surface area contributed by atoms with Gasteiger partial charge in [0.25, 0.3) is 5.91 Å². The largest absolute Gasteiger partial charge is 0.417 e. The SMILES string of the molecule is CC(C)c1c(C(=O)NCc2ccccc2F)cnn1-c1ccc(C(F)(F)F)cn1. The highest BCUT2D eigenvalue weighted by atomic mass is 19.4. The number of rotatable bonds is 5. The molecule has 2 heterocycles. The van der Waals surface area contributed by atoms with Gasteiger partial charge < -0.3 is 5.32 Å². The Morgan fingerprint density at radius 2 is 1.86 bits per heavy atom. The molecule has 0 radical (unpaired) electrons. The van der Waals surface area contributed by atoms with Crippen LogP contribution in [-0.2, 0) is 12.7 Å². The molecule has 0 bridgehead atoms. The van der Waals surface area contributed by atoms with Crippen molar-refractivity contribution in [2.24, 2.45) is 0 Å². The maximum Gasteiger partial charge on any atom is 0.417 e. The lowest BCUT2D eigenvalue weighted by molar-refractivity contribution is -0.137. The summed E-state index contributed by atoms with van der Waals surface area (Å²) in [7, 11) is 0. The predicted octanol–water partition coefficient (Wildman–Crippen LogP) is 4.48.